The van der Waals surface area contributed by atoms with Gasteiger partial charge in [-0.1, -0.05) is 18.2 Å². The quantitative estimate of drug-likeness (QED) is 0.639. The number of ether oxygens (including phenoxy) is 3. The monoisotopic (exact) mass is 323 g/mol. The minimum Gasteiger partial charge on any atom is -0.493 e. The molecule has 1 heterocycles. The minimum atomic E-state index is -0.469. The third kappa shape index (κ3) is 3.01. The van der Waals surface area contributed by atoms with Crippen molar-refractivity contribution in [2.24, 2.45) is 4.99 Å². The van der Waals surface area contributed by atoms with Crippen LogP contribution in [0.1, 0.15) is 16.7 Å². The first-order valence-corrected chi connectivity index (χ1v) is 7.43. The SMILES string of the molecule is COc1cc(C)c(/C=C2/N=C(c3ccccc3)OC2=O)cc1OC. The van der Waals surface area contributed by atoms with Gasteiger partial charge in [-0.3, -0.25) is 0 Å². The van der Waals surface area contributed by atoms with E-state index < -0.39 is 5.97 Å². The molecule has 0 spiro atoms. The van der Waals surface area contributed by atoms with Gasteiger partial charge < -0.3 is 14.2 Å². The van der Waals surface area contributed by atoms with E-state index in [1.54, 1.807) is 20.3 Å². The van der Waals surface area contributed by atoms with E-state index in [1.165, 1.54) is 0 Å². The summed E-state index contributed by atoms with van der Waals surface area (Å²) in [5, 5.41) is 0. The molecule has 0 unspecified atom stereocenters. The highest BCUT2D eigenvalue weighted by molar-refractivity contribution is 6.12. The fourth-order valence-electron chi connectivity index (χ4n) is 2.41. The van der Waals surface area contributed by atoms with Crippen molar-refractivity contribution in [3.63, 3.8) is 0 Å². The van der Waals surface area contributed by atoms with Crippen LogP contribution >= 0.6 is 0 Å². The molecule has 0 aromatic heterocycles. The first kappa shape index (κ1) is 15.8. The number of carbonyl (C=O) groups is 1. The highest BCUT2D eigenvalue weighted by Gasteiger charge is 2.24. The Kier molecular flexibility index (Phi) is 4.33. The molecule has 0 radical (unpaired) electrons. The summed E-state index contributed by atoms with van der Waals surface area (Å²) in [6.07, 6.45) is 1.69. The zero-order valence-electron chi connectivity index (χ0n) is 13.7. The van der Waals surface area contributed by atoms with E-state index in [1.807, 2.05) is 49.4 Å². The van der Waals surface area contributed by atoms with Gasteiger partial charge >= 0.3 is 5.97 Å². The number of esters is 1. The number of methoxy groups -OCH3 is 2. The molecule has 5 nitrogen and oxygen atoms in total. The minimum absolute atomic E-state index is 0.254. The summed E-state index contributed by atoms with van der Waals surface area (Å²) in [5.41, 5.74) is 2.77. The lowest BCUT2D eigenvalue weighted by molar-refractivity contribution is -0.129. The number of hydrogen-bond acceptors (Lipinski definition) is 5. The molecule has 0 aliphatic carbocycles. The number of aryl methyl sites for hydroxylation is 1. The number of aliphatic imine (C=N–C) groups is 1. The van der Waals surface area contributed by atoms with Crippen LogP contribution in [0.4, 0.5) is 0 Å². The van der Waals surface area contributed by atoms with Crippen molar-refractivity contribution in [3.8, 4) is 11.5 Å². The van der Waals surface area contributed by atoms with Crippen molar-refractivity contribution in [3.05, 3.63) is 64.9 Å². The Bertz CT molecular complexity index is 838. The van der Waals surface area contributed by atoms with Crippen LogP contribution in [0.2, 0.25) is 0 Å². The van der Waals surface area contributed by atoms with Crippen LogP contribution in [0.5, 0.6) is 11.5 Å². The van der Waals surface area contributed by atoms with Crippen molar-refractivity contribution in [2.75, 3.05) is 14.2 Å². The van der Waals surface area contributed by atoms with Crippen LogP contribution in [-0.4, -0.2) is 26.1 Å². The number of cyclic esters (lactones) is 1. The zero-order valence-corrected chi connectivity index (χ0v) is 13.7. The normalized spacial score (nSPS) is 15.2. The topological polar surface area (TPSA) is 57.1 Å². The molecule has 1 aliphatic heterocycles. The second-order valence-electron chi connectivity index (χ2n) is 5.27. The fraction of sp³-hybridized carbons (Fsp3) is 0.158. The molecule has 0 atom stereocenters. The molecule has 1 aliphatic rings. The summed E-state index contributed by atoms with van der Waals surface area (Å²) < 4.78 is 15.8. The van der Waals surface area contributed by atoms with Crippen LogP contribution in [0.3, 0.4) is 0 Å². The van der Waals surface area contributed by atoms with Crippen LogP contribution in [0.15, 0.2) is 53.2 Å². The van der Waals surface area contributed by atoms with E-state index in [9.17, 15) is 4.79 Å². The lowest BCUT2D eigenvalue weighted by Gasteiger charge is -2.10. The molecule has 2 aromatic carbocycles. The number of benzene rings is 2. The molecule has 24 heavy (non-hydrogen) atoms. The van der Waals surface area contributed by atoms with E-state index >= 15 is 0 Å². The van der Waals surface area contributed by atoms with E-state index in [2.05, 4.69) is 4.99 Å². The molecule has 122 valence electrons. The van der Waals surface area contributed by atoms with Crippen LogP contribution in [0.25, 0.3) is 6.08 Å². The van der Waals surface area contributed by atoms with Crippen LogP contribution in [-0.2, 0) is 9.53 Å². The summed E-state index contributed by atoms with van der Waals surface area (Å²) >= 11 is 0. The molecule has 3 rings (SSSR count). The second kappa shape index (κ2) is 6.58. The Balaban J connectivity index is 1.99. The third-order valence-electron chi connectivity index (χ3n) is 3.71. The van der Waals surface area contributed by atoms with E-state index in [-0.39, 0.29) is 5.70 Å². The predicted molar refractivity (Wildman–Crippen MR) is 91.3 cm³/mol. The van der Waals surface area contributed by atoms with Gasteiger partial charge in [0.1, 0.15) is 0 Å². The molecule has 0 N–H and O–H groups in total. The number of nitrogens with zero attached hydrogens (tertiary/aromatic N) is 1. The smallest absolute Gasteiger partial charge is 0.363 e. The number of rotatable bonds is 4. The van der Waals surface area contributed by atoms with Crippen molar-refractivity contribution >= 4 is 17.9 Å². The van der Waals surface area contributed by atoms with Crippen LogP contribution < -0.4 is 9.47 Å². The van der Waals surface area contributed by atoms with Gasteiger partial charge in [-0.15, -0.1) is 0 Å². The molecule has 2 aromatic rings. The molecular weight excluding hydrogens is 306 g/mol. The van der Waals surface area contributed by atoms with E-state index in [0.717, 1.165) is 16.7 Å². The standard InChI is InChI=1S/C19H17NO4/c1-12-9-16(22-2)17(23-3)11-14(12)10-15-19(21)24-18(20-15)13-7-5-4-6-8-13/h4-11H,1-3H3/b15-10+. The summed E-state index contributed by atoms with van der Waals surface area (Å²) in [4.78, 5) is 16.4. The Labute approximate surface area is 140 Å². The third-order valence-corrected chi connectivity index (χ3v) is 3.71. The van der Waals surface area contributed by atoms with Gasteiger partial charge in [0.25, 0.3) is 0 Å². The average molecular weight is 323 g/mol. The maximum Gasteiger partial charge on any atom is 0.363 e. The Hall–Kier alpha value is -3.08. The lowest BCUT2D eigenvalue weighted by Crippen LogP contribution is -2.05. The highest BCUT2D eigenvalue weighted by Crippen LogP contribution is 2.32. The number of hydrogen-bond donors (Lipinski definition) is 0. The summed E-state index contributed by atoms with van der Waals surface area (Å²) in [7, 11) is 3.15. The predicted octanol–water partition coefficient (Wildman–Crippen LogP) is 3.36. The average Bonchev–Trinajstić information content (AvgIpc) is 2.97. The van der Waals surface area contributed by atoms with Gasteiger partial charge in [0.05, 0.1) is 14.2 Å². The summed E-state index contributed by atoms with van der Waals surface area (Å²) in [5.74, 6) is 1.07. The second-order valence-corrected chi connectivity index (χ2v) is 5.27. The molecule has 5 heteroatoms. The van der Waals surface area contributed by atoms with E-state index in [0.29, 0.717) is 17.4 Å². The summed E-state index contributed by atoms with van der Waals surface area (Å²) in [6, 6.07) is 13.0. The van der Waals surface area contributed by atoms with Crippen molar-refractivity contribution in [2.45, 2.75) is 6.92 Å². The molecule has 0 fully saturated rings. The first-order valence-electron chi connectivity index (χ1n) is 7.43. The van der Waals surface area contributed by atoms with Crippen molar-refractivity contribution in [1.82, 2.24) is 0 Å². The highest BCUT2D eigenvalue weighted by atomic mass is 16.6. The molecule has 0 bridgehead atoms. The van der Waals surface area contributed by atoms with Gasteiger partial charge in [0, 0.05) is 5.56 Å². The molecule has 0 saturated heterocycles. The fourth-order valence-corrected chi connectivity index (χ4v) is 2.41. The van der Waals surface area contributed by atoms with Gasteiger partial charge in [-0.05, 0) is 48.4 Å². The van der Waals surface area contributed by atoms with Crippen molar-refractivity contribution < 1.29 is 19.0 Å². The molecular formula is C19H17NO4. The van der Waals surface area contributed by atoms with Gasteiger partial charge in [0.15, 0.2) is 17.2 Å². The van der Waals surface area contributed by atoms with Gasteiger partial charge in [-0.25, -0.2) is 9.79 Å². The number of carbonyl (C=O) groups excluding carboxylic acids is 1. The zero-order chi connectivity index (χ0) is 17.1. The van der Waals surface area contributed by atoms with E-state index in [4.69, 9.17) is 14.2 Å². The largest absolute Gasteiger partial charge is 0.493 e. The maximum atomic E-state index is 12.1. The molecule has 0 saturated carbocycles. The van der Waals surface area contributed by atoms with Crippen LogP contribution in [0, 0.1) is 6.92 Å². The Morgan fingerprint density at radius 1 is 1.04 bits per heavy atom. The van der Waals surface area contributed by atoms with Crippen molar-refractivity contribution in [1.29, 1.82) is 0 Å². The van der Waals surface area contributed by atoms with Gasteiger partial charge in [-0.2, -0.15) is 0 Å². The first-order chi connectivity index (χ1) is 11.6. The van der Waals surface area contributed by atoms with Gasteiger partial charge in [0.2, 0.25) is 5.90 Å². The Morgan fingerprint density at radius 2 is 1.71 bits per heavy atom. The Morgan fingerprint density at radius 3 is 2.38 bits per heavy atom. The maximum absolute atomic E-state index is 12.1. The lowest BCUT2D eigenvalue weighted by atomic mass is 10.1. The summed E-state index contributed by atoms with van der Waals surface area (Å²) in [6.45, 7) is 1.93. The molecule has 0 amide bonds.